The number of nitrogens with one attached hydrogen (secondary N) is 1. The Balaban J connectivity index is 2.47. The van der Waals surface area contributed by atoms with Gasteiger partial charge < -0.3 is 5.32 Å². The predicted octanol–water partition coefficient (Wildman–Crippen LogP) is 5.47. The van der Waals surface area contributed by atoms with Crippen molar-refractivity contribution >= 4 is 23.2 Å². The van der Waals surface area contributed by atoms with Crippen molar-refractivity contribution in [3.05, 3.63) is 57.8 Å². The van der Waals surface area contributed by atoms with Crippen LogP contribution in [0.2, 0.25) is 10.0 Å². The van der Waals surface area contributed by atoms with Gasteiger partial charge in [0.2, 0.25) is 0 Å². The molecule has 2 rings (SSSR count). The Morgan fingerprint density at radius 2 is 1.75 bits per heavy atom. The summed E-state index contributed by atoms with van der Waals surface area (Å²) in [6, 6.07) is 10.3. The summed E-state index contributed by atoms with van der Waals surface area (Å²) in [6.07, 6.45) is 0. The molecule has 0 saturated carbocycles. The highest BCUT2D eigenvalue weighted by Crippen LogP contribution is 2.30. The third kappa shape index (κ3) is 3.51. The van der Waals surface area contributed by atoms with E-state index in [0.717, 1.165) is 12.1 Å². The predicted molar refractivity (Wildman–Crippen MR) is 83.9 cm³/mol. The lowest BCUT2D eigenvalue weighted by atomic mass is 9.99. The molecule has 0 saturated heterocycles. The lowest BCUT2D eigenvalue weighted by Crippen LogP contribution is -2.17. The van der Waals surface area contributed by atoms with Crippen molar-refractivity contribution in [2.75, 3.05) is 6.54 Å². The maximum atomic E-state index is 14.1. The fourth-order valence-electron chi connectivity index (χ4n) is 2.17. The van der Waals surface area contributed by atoms with Crippen molar-refractivity contribution in [3.8, 4) is 11.1 Å². The van der Waals surface area contributed by atoms with Crippen molar-refractivity contribution in [1.82, 2.24) is 5.32 Å². The molecule has 0 aliphatic carbocycles. The summed E-state index contributed by atoms with van der Waals surface area (Å²) < 4.78 is 14.1. The van der Waals surface area contributed by atoms with E-state index in [1.165, 1.54) is 6.07 Å². The van der Waals surface area contributed by atoms with E-state index >= 15 is 0 Å². The fraction of sp³-hybridized carbons (Fsp3) is 0.250. The quantitative estimate of drug-likeness (QED) is 0.789. The molecule has 0 amide bonds. The average Bonchev–Trinajstić information content (AvgIpc) is 2.38. The maximum Gasteiger partial charge on any atom is 0.131 e. The van der Waals surface area contributed by atoms with E-state index in [1.54, 1.807) is 24.3 Å². The third-order valence-corrected chi connectivity index (χ3v) is 3.61. The second kappa shape index (κ2) is 6.57. The normalized spacial score (nSPS) is 12.4. The van der Waals surface area contributed by atoms with Gasteiger partial charge in [-0.05, 0) is 54.9 Å². The highest BCUT2D eigenvalue weighted by Gasteiger charge is 2.11. The van der Waals surface area contributed by atoms with Gasteiger partial charge in [0.25, 0.3) is 0 Å². The summed E-state index contributed by atoms with van der Waals surface area (Å²) in [7, 11) is 0. The van der Waals surface area contributed by atoms with Crippen LogP contribution in [0.3, 0.4) is 0 Å². The molecule has 20 heavy (non-hydrogen) atoms. The van der Waals surface area contributed by atoms with E-state index in [4.69, 9.17) is 23.2 Å². The van der Waals surface area contributed by atoms with E-state index < -0.39 is 0 Å². The molecule has 4 heteroatoms. The van der Waals surface area contributed by atoms with Crippen LogP contribution in [0, 0.1) is 5.82 Å². The number of benzene rings is 2. The second-order valence-corrected chi connectivity index (χ2v) is 5.55. The van der Waals surface area contributed by atoms with Crippen molar-refractivity contribution in [3.63, 3.8) is 0 Å². The topological polar surface area (TPSA) is 12.0 Å². The molecule has 1 nitrogen and oxygen atoms in total. The minimum atomic E-state index is -0.282. The van der Waals surface area contributed by atoms with Crippen LogP contribution in [-0.4, -0.2) is 6.54 Å². The van der Waals surface area contributed by atoms with Crippen molar-refractivity contribution < 1.29 is 4.39 Å². The van der Waals surface area contributed by atoms with Gasteiger partial charge in [0.05, 0.1) is 0 Å². The zero-order chi connectivity index (χ0) is 14.7. The second-order valence-electron chi connectivity index (χ2n) is 4.68. The van der Waals surface area contributed by atoms with Gasteiger partial charge in [-0.2, -0.15) is 0 Å². The average molecular weight is 312 g/mol. The summed E-state index contributed by atoms with van der Waals surface area (Å²) in [5.74, 6) is -0.282. The molecule has 0 spiro atoms. The maximum absolute atomic E-state index is 14.1. The molecule has 1 unspecified atom stereocenters. The Kier molecular flexibility index (Phi) is 5.03. The smallest absolute Gasteiger partial charge is 0.131 e. The Bertz CT molecular complexity index is 593. The van der Waals surface area contributed by atoms with Crippen LogP contribution in [0.25, 0.3) is 11.1 Å². The van der Waals surface area contributed by atoms with Crippen molar-refractivity contribution in [1.29, 1.82) is 0 Å². The highest BCUT2D eigenvalue weighted by molar-refractivity contribution is 6.35. The monoisotopic (exact) mass is 311 g/mol. The summed E-state index contributed by atoms with van der Waals surface area (Å²) in [4.78, 5) is 0. The van der Waals surface area contributed by atoms with Gasteiger partial charge in [0.1, 0.15) is 5.82 Å². The van der Waals surface area contributed by atoms with Gasteiger partial charge >= 0.3 is 0 Å². The highest BCUT2D eigenvalue weighted by atomic mass is 35.5. The minimum absolute atomic E-state index is 0.161. The van der Waals surface area contributed by atoms with Crippen molar-refractivity contribution in [2.45, 2.75) is 19.9 Å². The van der Waals surface area contributed by atoms with Gasteiger partial charge in [0.15, 0.2) is 0 Å². The molecule has 0 fully saturated rings. The van der Waals surface area contributed by atoms with Crippen LogP contribution in [0.1, 0.15) is 25.5 Å². The van der Waals surface area contributed by atoms with Crippen LogP contribution in [0.15, 0.2) is 36.4 Å². The van der Waals surface area contributed by atoms with Gasteiger partial charge in [-0.1, -0.05) is 36.2 Å². The van der Waals surface area contributed by atoms with E-state index in [-0.39, 0.29) is 11.9 Å². The Labute approximate surface area is 128 Å². The van der Waals surface area contributed by atoms with Crippen LogP contribution in [0.5, 0.6) is 0 Å². The van der Waals surface area contributed by atoms with Gasteiger partial charge in [-0.3, -0.25) is 0 Å². The summed E-state index contributed by atoms with van der Waals surface area (Å²) in [5.41, 5.74) is 2.22. The number of hydrogen-bond donors (Lipinski definition) is 1. The van der Waals surface area contributed by atoms with Crippen LogP contribution >= 0.6 is 23.2 Å². The molecular formula is C16H16Cl2FN. The van der Waals surface area contributed by atoms with Crippen LogP contribution < -0.4 is 5.32 Å². The number of rotatable bonds is 4. The molecule has 0 radical (unpaired) electrons. The summed E-state index contributed by atoms with van der Waals surface area (Å²) >= 11 is 12.0. The first-order valence-corrected chi connectivity index (χ1v) is 7.26. The van der Waals surface area contributed by atoms with E-state index in [2.05, 4.69) is 5.32 Å². The molecule has 1 atom stereocenters. The van der Waals surface area contributed by atoms with Crippen LogP contribution in [0.4, 0.5) is 4.39 Å². The molecule has 106 valence electrons. The molecule has 0 aromatic heterocycles. The zero-order valence-corrected chi connectivity index (χ0v) is 12.9. The third-order valence-electron chi connectivity index (χ3n) is 3.17. The Morgan fingerprint density at radius 3 is 2.35 bits per heavy atom. The first-order chi connectivity index (χ1) is 9.51. The Morgan fingerprint density at radius 1 is 1.10 bits per heavy atom. The zero-order valence-electron chi connectivity index (χ0n) is 11.4. The molecule has 0 aliphatic rings. The first-order valence-electron chi connectivity index (χ1n) is 6.50. The SMILES string of the molecule is CCNC(C)c1ccc(F)c(-c2cc(Cl)cc(Cl)c2)c1. The minimum Gasteiger partial charge on any atom is -0.310 e. The summed E-state index contributed by atoms with van der Waals surface area (Å²) in [5, 5.41) is 4.30. The van der Waals surface area contributed by atoms with E-state index in [9.17, 15) is 4.39 Å². The van der Waals surface area contributed by atoms with Crippen molar-refractivity contribution in [2.24, 2.45) is 0 Å². The Hall–Kier alpha value is -1.09. The lowest BCUT2D eigenvalue weighted by molar-refractivity contribution is 0.593. The molecule has 1 N–H and O–H groups in total. The largest absolute Gasteiger partial charge is 0.310 e. The van der Waals surface area contributed by atoms with Crippen LogP contribution in [-0.2, 0) is 0 Å². The molecule has 0 heterocycles. The molecule has 0 bridgehead atoms. The summed E-state index contributed by atoms with van der Waals surface area (Å²) in [6.45, 7) is 4.94. The molecule has 2 aromatic rings. The number of halogens is 3. The van der Waals surface area contributed by atoms with Gasteiger partial charge in [0, 0.05) is 21.7 Å². The first kappa shape index (κ1) is 15.3. The van der Waals surface area contributed by atoms with E-state index in [1.807, 2.05) is 19.9 Å². The molecule has 2 aromatic carbocycles. The lowest BCUT2D eigenvalue weighted by Gasteiger charge is -2.15. The molecular weight excluding hydrogens is 296 g/mol. The van der Waals surface area contributed by atoms with Gasteiger partial charge in [-0.25, -0.2) is 4.39 Å². The number of hydrogen-bond acceptors (Lipinski definition) is 1. The fourth-order valence-corrected chi connectivity index (χ4v) is 2.69. The molecule has 0 aliphatic heterocycles. The van der Waals surface area contributed by atoms with E-state index in [0.29, 0.717) is 21.2 Å². The van der Waals surface area contributed by atoms with Gasteiger partial charge in [-0.15, -0.1) is 0 Å². The standard InChI is InChI=1S/C16H16Cl2FN/c1-3-20-10(2)11-4-5-16(19)15(8-11)12-6-13(17)9-14(18)7-12/h4-10,20H,3H2,1-2H3.